The summed E-state index contributed by atoms with van der Waals surface area (Å²) in [4.78, 5) is 0. The van der Waals surface area contributed by atoms with Gasteiger partial charge in [-0.15, -0.1) is 0 Å². The number of aliphatic hydroxyl groups excluding tert-OH is 3. The standard InChI is InChI=1S/C20H40O5/c1-2-3-4-5-6-7-8-9-10-11-12-13-14-24-20-19(23)18(22)15-17(16-21)25-20/h17-23H,2-16H2,1H3/t17-,18-,19+,20+/m0/s1. The lowest BCUT2D eigenvalue weighted by Gasteiger charge is -2.36. The largest absolute Gasteiger partial charge is 0.394 e. The molecule has 0 aromatic heterocycles. The highest BCUT2D eigenvalue weighted by Gasteiger charge is 2.36. The van der Waals surface area contributed by atoms with Gasteiger partial charge in [0.2, 0.25) is 0 Å². The first kappa shape index (κ1) is 22.8. The second-order valence-electron chi connectivity index (χ2n) is 7.36. The lowest BCUT2D eigenvalue weighted by atomic mass is 10.0. The van der Waals surface area contributed by atoms with E-state index in [0.717, 1.165) is 12.8 Å². The van der Waals surface area contributed by atoms with Crippen molar-refractivity contribution in [3.05, 3.63) is 0 Å². The molecule has 1 aliphatic heterocycles. The molecule has 1 saturated heterocycles. The topological polar surface area (TPSA) is 79.2 Å². The van der Waals surface area contributed by atoms with E-state index >= 15 is 0 Å². The Morgan fingerprint density at radius 1 is 0.840 bits per heavy atom. The van der Waals surface area contributed by atoms with Crippen molar-refractivity contribution in [3.8, 4) is 0 Å². The second-order valence-corrected chi connectivity index (χ2v) is 7.36. The molecule has 0 aliphatic carbocycles. The van der Waals surface area contributed by atoms with Crippen LogP contribution in [0.25, 0.3) is 0 Å². The van der Waals surface area contributed by atoms with Crippen molar-refractivity contribution in [2.45, 2.75) is 115 Å². The fourth-order valence-electron chi connectivity index (χ4n) is 3.31. The molecule has 0 saturated carbocycles. The van der Waals surface area contributed by atoms with Gasteiger partial charge in [0, 0.05) is 13.0 Å². The molecule has 0 radical (unpaired) electrons. The molecular formula is C20H40O5. The quantitative estimate of drug-likeness (QED) is 0.389. The Labute approximate surface area is 153 Å². The predicted molar refractivity (Wildman–Crippen MR) is 99.4 cm³/mol. The zero-order valence-electron chi connectivity index (χ0n) is 16.1. The van der Waals surface area contributed by atoms with Crippen LogP contribution in [0, 0.1) is 0 Å². The lowest BCUT2D eigenvalue weighted by Crippen LogP contribution is -2.50. The van der Waals surface area contributed by atoms with E-state index in [1.165, 1.54) is 64.2 Å². The van der Waals surface area contributed by atoms with Gasteiger partial charge < -0.3 is 24.8 Å². The molecular weight excluding hydrogens is 320 g/mol. The average molecular weight is 361 g/mol. The van der Waals surface area contributed by atoms with Crippen LogP contribution < -0.4 is 0 Å². The summed E-state index contributed by atoms with van der Waals surface area (Å²) in [6.45, 7) is 2.61. The van der Waals surface area contributed by atoms with Gasteiger partial charge in [0.15, 0.2) is 6.29 Å². The van der Waals surface area contributed by atoms with E-state index in [2.05, 4.69) is 6.92 Å². The summed E-state index contributed by atoms with van der Waals surface area (Å²) in [5.41, 5.74) is 0. The smallest absolute Gasteiger partial charge is 0.186 e. The van der Waals surface area contributed by atoms with Crippen LogP contribution in [0.5, 0.6) is 0 Å². The molecule has 0 amide bonds. The Hall–Kier alpha value is -0.200. The number of hydrogen-bond donors (Lipinski definition) is 3. The summed E-state index contributed by atoms with van der Waals surface area (Å²) in [6, 6.07) is 0. The van der Waals surface area contributed by atoms with Crippen LogP contribution in [-0.4, -0.2) is 53.1 Å². The highest BCUT2D eigenvalue weighted by Crippen LogP contribution is 2.21. The monoisotopic (exact) mass is 360 g/mol. The van der Waals surface area contributed by atoms with E-state index in [4.69, 9.17) is 14.6 Å². The summed E-state index contributed by atoms with van der Waals surface area (Å²) in [5, 5.41) is 28.7. The van der Waals surface area contributed by atoms with Crippen LogP contribution in [-0.2, 0) is 9.47 Å². The summed E-state index contributed by atoms with van der Waals surface area (Å²) in [7, 11) is 0. The van der Waals surface area contributed by atoms with Crippen molar-refractivity contribution in [2.24, 2.45) is 0 Å². The van der Waals surface area contributed by atoms with Gasteiger partial charge in [-0.3, -0.25) is 0 Å². The third-order valence-corrected chi connectivity index (χ3v) is 4.99. The summed E-state index contributed by atoms with van der Waals surface area (Å²) in [6.07, 6.45) is 12.5. The van der Waals surface area contributed by atoms with E-state index < -0.39 is 24.6 Å². The Morgan fingerprint density at radius 3 is 1.88 bits per heavy atom. The van der Waals surface area contributed by atoms with Crippen molar-refractivity contribution >= 4 is 0 Å². The molecule has 1 fully saturated rings. The maximum absolute atomic E-state index is 9.86. The van der Waals surface area contributed by atoms with Crippen molar-refractivity contribution in [2.75, 3.05) is 13.2 Å². The summed E-state index contributed by atoms with van der Waals surface area (Å²) in [5.74, 6) is 0. The lowest BCUT2D eigenvalue weighted by molar-refractivity contribution is -0.271. The predicted octanol–water partition coefficient (Wildman–Crippen LogP) is 3.53. The molecule has 0 aromatic carbocycles. The maximum atomic E-state index is 9.86. The molecule has 5 nitrogen and oxygen atoms in total. The maximum Gasteiger partial charge on any atom is 0.186 e. The van der Waals surface area contributed by atoms with Crippen LogP contribution in [0.4, 0.5) is 0 Å². The third-order valence-electron chi connectivity index (χ3n) is 4.99. The van der Waals surface area contributed by atoms with E-state index in [-0.39, 0.29) is 13.0 Å². The van der Waals surface area contributed by atoms with Crippen LogP contribution in [0.3, 0.4) is 0 Å². The molecule has 0 spiro atoms. The van der Waals surface area contributed by atoms with Gasteiger partial charge in [0.25, 0.3) is 0 Å². The molecule has 4 atom stereocenters. The van der Waals surface area contributed by atoms with Gasteiger partial charge in [0.1, 0.15) is 6.10 Å². The third kappa shape index (κ3) is 10.5. The molecule has 3 N–H and O–H groups in total. The molecule has 1 aliphatic rings. The van der Waals surface area contributed by atoms with Gasteiger partial charge in [-0.25, -0.2) is 0 Å². The Bertz CT molecular complexity index is 300. The zero-order chi connectivity index (χ0) is 18.3. The van der Waals surface area contributed by atoms with Gasteiger partial charge in [0.05, 0.1) is 18.8 Å². The van der Waals surface area contributed by atoms with Crippen molar-refractivity contribution in [1.82, 2.24) is 0 Å². The molecule has 1 heterocycles. The van der Waals surface area contributed by atoms with Gasteiger partial charge in [-0.1, -0.05) is 77.6 Å². The number of unbranched alkanes of at least 4 members (excludes halogenated alkanes) is 11. The number of rotatable bonds is 15. The van der Waals surface area contributed by atoms with Crippen molar-refractivity contribution < 1.29 is 24.8 Å². The first-order valence-corrected chi connectivity index (χ1v) is 10.4. The summed E-state index contributed by atoms with van der Waals surface area (Å²) >= 11 is 0. The minimum absolute atomic E-state index is 0.164. The van der Waals surface area contributed by atoms with Crippen LogP contribution in [0.15, 0.2) is 0 Å². The number of hydrogen-bond acceptors (Lipinski definition) is 5. The van der Waals surface area contributed by atoms with E-state index in [9.17, 15) is 10.2 Å². The minimum atomic E-state index is -1.03. The molecule has 0 bridgehead atoms. The van der Waals surface area contributed by atoms with Crippen LogP contribution >= 0.6 is 0 Å². The normalized spacial score (nSPS) is 26.9. The zero-order valence-corrected chi connectivity index (χ0v) is 16.1. The second kappa shape index (κ2) is 14.9. The number of aliphatic hydroxyl groups is 3. The van der Waals surface area contributed by atoms with E-state index in [1.807, 2.05) is 0 Å². The SMILES string of the molecule is CCCCCCCCCCCCCCO[C@@H]1O[C@H](CO)C[C@H](O)[C@H]1O. The number of ether oxygens (including phenoxy) is 2. The fraction of sp³-hybridized carbons (Fsp3) is 1.00. The van der Waals surface area contributed by atoms with Crippen LogP contribution in [0.2, 0.25) is 0 Å². The Balaban J connectivity index is 1.90. The van der Waals surface area contributed by atoms with Gasteiger partial charge >= 0.3 is 0 Å². The minimum Gasteiger partial charge on any atom is -0.394 e. The Kier molecular flexibility index (Phi) is 13.6. The molecule has 1 rings (SSSR count). The highest BCUT2D eigenvalue weighted by molar-refractivity contribution is 4.80. The van der Waals surface area contributed by atoms with E-state index in [1.54, 1.807) is 0 Å². The highest BCUT2D eigenvalue weighted by atomic mass is 16.7. The van der Waals surface area contributed by atoms with Crippen molar-refractivity contribution in [1.29, 1.82) is 0 Å². The fourth-order valence-corrected chi connectivity index (χ4v) is 3.31. The van der Waals surface area contributed by atoms with Crippen LogP contribution in [0.1, 0.15) is 90.4 Å². The Morgan fingerprint density at radius 2 is 1.36 bits per heavy atom. The first-order valence-electron chi connectivity index (χ1n) is 10.4. The van der Waals surface area contributed by atoms with E-state index in [0.29, 0.717) is 6.61 Å². The molecule has 0 unspecified atom stereocenters. The van der Waals surface area contributed by atoms with Gasteiger partial charge in [-0.2, -0.15) is 0 Å². The molecule has 0 aromatic rings. The first-order chi connectivity index (χ1) is 12.2. The summed E-state index contributed by atoms with van der Waals surface area (Å²) < 4.78 is 11.0. The molecule has 5 heteroatoms. The molecule has 150 valence electrons. The molecule has 25 heavy (non-hydrogen) atoms. The van der Waals surface area contributed by atoms with Gasteiger partial charge in [-0.05, 0) is 6.42 Å². The van der Waals surface area contributed by atoms with Crippen molar-refractivity contribution in [3.63, 3.8) is 0 Å². The average Bonchev–Trinajstić information content (AvgIpc) is 2.62.